The Morgan fingerprint density at radius 3 is 2.25 bits per heavy atom. The van der Waals surface area contributed by atoms with E-state index >= 15 is 0 Å². The summed E-state index contributed by atoms with van der Waals surface area (Å²) >= 11 is 0. The van der Waals surface area contributed by atoms with Crippen molar-refractivity contribution in [2.75, 3.05) is 7.05 Å². The first kappa shape index (κ1) is 15.5. The third kappa shape index (κ3) is 10.1. The normalized spacial score (nSPS) is 12.3. The van der Waals surface area contributed by atoms with Crippen molar-refractivity contribution in [1.82, 2.24) is 5.32 Å². The van der Waals surface area contributed by atoms with Gasteiger partial charge < -0.3 is 5.32 Å². The topological polar surface area (TPSA) is 12.0 Å². The van der Waals surface area contributed by atoms with E-state index in [1.54, 1.807) is 0 Å². The predicted octanol–water partition coefficient (Wildman–Crippen LogP) is 4.13. The van der Waals surface area contributed by atoms with Crippen LogP contribution in [0.4, 0.5) is 0 Å². The van der Waals surface area contributed by atoms with E-state index < -0.39 is 0 Å². The van der Waals surface area contributed by atoms with Crippen molar-refractivity contribution in [3.8, 4) is 12.3 Å². The fourth-order valence-electron chi connectivity index (χ4n) is 2.05. The van der Waals surface area contributed by atoms with Crippen LogP contribution in [-0.4, -0.2) is 13.1 Å². The smallest absolute Gasteiger partial charge is 0.00866 e. The molecule has 1 N–H and O–H groups in total. The molecule has 1 atom stereocenters. The van der Waals surface area contributed by atoms with Gasteiger partial charge in [-0.3, -0.25) is 0 Å². The van der Waals surface area contributed by atoms with Gasteiger partial charge in [0, 0.05) is 12.5 Å². The zero-order chi connectivity index (χ0) is 12.1. The first-order chi connectivity index (χ1) is 7.85. The Kier molecular flexibility index (Phi) is 12.2. The molecule has 1 heteroatoms. The predicted molar refractivity (Wildman–Crippen MR) is 73.5 cm³/mol. The molecule has 94 valence electrons. The highest BCUT2D eigenvalue weighted by Gasteiger charge is 2.04. The lowest BCUT2D eigenvalue weighted by atomic mass is 10.0. The summed E-state index contributed by atoms with van der Waals surface area (Å²) in [6, 6.07) is 0.680. The highest BCUT2D eigenvalue weighted by atomic mass is 14.9. The molecule has 0 bridgehead atoms. The highest BCUT2D eigenvalue weighted by Crippen LogP contribution is 2.11. The van der Waals surface area contributed by atoms with Crippen LogP contribution in [-0.2, 0) is 0 Å². The van der Waals surface area contributed by atoms with Gasteiger partial charge in [0.2, 0.25) is 0 Å². The zero-order valence-corrected chi connectivity index (χ0v) is 11.2. The van der Waals surface area contributed by atoms with Gasteiger partial charge >= 0.3 is 0 Å². The number of hydrogen-bond acceptors (Lipinski definition) is 1. The van der Waals surface area contributed by atoms with Gasteiger partial charge in [-0.1, -0.05) is 45.4 Å². The highest BCUT2D eigenvalue weighted by molar-refractivity contribution is 4.83. The van der Waals surface area contributed by atoms with E-state index in [4.69, 9.17) is 6.42 Å². The zero-order valence-electron chi connectivity index (χ0n) is 11.2. The third-order valence-corrected chi connectivity index (χ3v) is 3.19. The minimum Gasteiger partial charge on any atom is -0.317 e. The van der Waals surface area contributed by atoms with Crippen molar-refractivity contribution in [2.45, 2.75) is 77.2 Å². The maximum atomic E-state index is 5.25. The lowest BCUT2D eigenvalue weighted by Crippen LogP contribution is -2.24. The van der Waals surface area contributed by atoms with Crippen molar-refractivity contribution in [3.63, 3.8) is 0 Å². The van der Waals surface area contributed by atoms with Crippen LogP contribution < -0.4 is 5.32 Å². The molecule has 0 aromatic heterocycles. The van der Waals surface area contributed by atoms with Crippen LogP contribution in [0.3, 0.4) is 0 Å². The van der Waals surface area contributed by atoms with Crippen molar-refractivity contribution < 1.29 is 0 Å². The summed E-state index contributed by atoms with van der Waals surface area (Å²) in [5.74, 6) is 2.71. The molecule has 0 rings (SSSR count). The van der Waals surface area contributed by atoms with E-state index in [2.05, 4.69) is 25.2 Å². The van der Waals surface area contributed by atoms with E-state index in [1.165, 1.54) is 51.4 Å². The minimum atomic E-state index is 0.680. The maximum Gasteiger partial charge on any atom is 0.00866 e. The van der Waals surface area contributed by atoms with Crippen LogP contribution in [0.15, 0.2) is 0 Å². The molecule has 0 aliphatic carbocycles. The Morgan fingerprint density at radius 1 is 1.00 bits per heavy atom. The number of terminal acetylenes is 1. The first-order valence-electron chi connectivity index (χ1n) is 6.95. The second-order valence-corrected chi connectivity index (χ2v) is 4.64. The van der Waals surface area contributed by atoms with E-state index in [-0.39, 0.29) is 0 Å². The van der Waals surface area contributed by atoms with E-state index in [0.29, 0.717) is 6.04 Å². The Balaban J connectivity index is 3.30. The van der Waals surface area contributed by atoms with Gasteiger partial charge in [0.15, 0.2) is 0 Å². The van der Waals surface area contributed by atoms with Gasteiger partial charge in [0.05, 0.1) is 0 Å². The van der Waals surface area contributed by atoms with Gasteiger partial charge in [0.25, 0.3) is 0 Å². The van der Waals surface area contributed by atoms with Crippen molar-refractivity contribution in [2.24, 2.45) is 0 Å². The average molecular weight is 223 g/mol. The summed E-state index contributed by atoms with van der Waals surface area (Å²) < 4.78 is 0. The van der Waals surface area contributed by atoms with Crippen molar-refractivity contribution >= 4 is 0 Å². The molecule has 1 nitrogen and oxygen atoms in total. The Bertz CT molecular complexity index is 169. The minimum absolute atomic E-state index is 0.680. The van der Waals surface area contributed by atoms with Crippen molar-refractivity contribution in [1.29, 1.82) is 0 Å². The van der Waals surface area contributed by atoms with Crippen LogP contribution in [0.1, 0.15) is 71.1 Å². The van der Waals surface area contributed by atoms with Gasteiger partial charge in [0.1, 0.15) is 0 Å². The summed E-state index contributed by atoms with van der Waals surface area (Å²) in [6.45, 7) is 2.27. The molecule has 0 spiro atoms. The number of unbranched alkanes of at least 4 members (excludes halogenated alkanes) is 6. The van der Waals surface area contributed by atoms with E-state index in [0.717, 1.165) is 12.8 Å². The lowest BCUT2D eigenvalue weighted by molar-refractivity contribution is 0.449. The summed E-state index contributed by atoms with van der Waals surface area (Å²) in [5.41, 5.74) is 0. The number of nitrogens with one attached hydrogen (secondary N) is 1. The van der Waals surface area contributed by atoms with Gasteiger partial charge in [-0.05, 0) is 26.3 Å². The third-order valence-electron chi connectivity index (χ3n) is 3.19. The molecule has 16 heavy (non-hydrogen) atoms. The number of rotatable bonds is 11. The molecule has 0 radical (unpaired) electrons. The van der Waals surface area contributed by atoms with Gasteiger partial charge in [-0.15, -0.1) is 12.3 Å². The van der Waals surface area contributed by atoms with Gasteiger partial charge in [-0.25, -0.2) is 0 Å². The quantitative estimate of drug-likeness (QED) is 0.410. The Morgan fingerprint density at radius 2 is 1.62 bits per heavy atom. The molecule has 0 amide bonds. The van der Waals surface area contributed by atoms with Crippen molar-refractivity contribution in [3.05, 3.63) is 0 Å². The summed E-state index contributed by atoms with van der Waals surface area (Å²) in [4.78, 5) is 0. The summed E-state index contributed by atoms with van der Waals surface area (Å²) in [5, 5.41) is 3.39. The molecule has 0 aromatic rings. The average Bonchev–Trinajstić information content (AvgIpc) is 2.31. The monoisotopic (exact) mass is 223 g/mol. The first-order valence-corrected chi connectivity index (χ1v) is 6.95. The summed E-state index contributed by atoms with van der Waals surface area (Å²) in [7, 11) is 2.07. The molecule has 1 unspecified atom stereocenters. The molecule has 0 saturated heterocycles. The van der Waals surface area contributed by atoms with Crippen LogP contribution in [0, 0.1) is 12.3 Å². The molecular weight excluding hydrogens is 194 g/mol. The van der Waals surface area contributed by atoms with Crippen LogP contribution in [0.5, 0.6) is 0 Å². The van der Waals surface area contributed by atoms with Gasteiger partial charge in [-0.2, -0.15) is 0 Å². The fraction of sp³-hybridized carbons (Fsp3) is 0.867. The Hall–Kier alpha value is -0.480. The Labute approximate surface area is 102 Å². The SMILES string of the molecule is C#CCCCC(CCCCCCCC)NC. The second-order valence-electron chi connectivity index (χ2n) is 4.64. The molecule has 0 aliphatic rings. The maximum absolute atomic E-state index is 5.25. The number of hydrogen-bond donors (Lipinski definition) is 1. The molecule has 0 fully saturated rings. The molecular formula is C15H29N. The fourth-order valence-corrected chi connectivity index (χ4v) is 2.05. The van der Waals surface area contributed by atoms with Crippen LogP contribution in [0.2, 0.25) is 0 Å². The molecule has 0 aliphatic heterocycles. The van der Waals surface area contributed by atoms with Crippen LogP contribution >= 0.6 is 0 Å². The summed E-state index contributed by atoms with van der Waals surface area (Å²) in [6.07, 6.45) is 18.2. The van der Waals surface area contributed by atoms with Crippen LogP contribution in [0.25, 0.3) is 0 Å². The lowest BCUT2D eigenvalue weighted by Gasteiger charge is -2.15. The van der Waals surface area contributed by atoms with E-state index in [9.17, 15) is 0 Å². The molecule has 0 aromatic carbocycles. The largest absolute Gasteiger partial charge is 0.317 e. The standard InChI is InChI=1S/C15H29N/c1-4-6-8-9-10-12-14-15(16-3)13-11-7-5-2/h2,15-16H,4,6-14H2,1,3H3. The van der Waals surface area contributed by atoms with E-state index in [1.807, 2.05) is 0 Å². The second kappa shape index (κ2) is 12.6. The molecule has 0 heterocycles. The molecule has 0 saturated carbocycles.